The second-order valence-electron chi connectivity index (χ2n) is 5.18. The smallest absolute Gasteiger partial charge is 0.253 e. The molecule has 1 amide bonds. The SMILES string of the molecule is CN(Cc1cccs1)C(=O)c1ccc(Oc2ccccc2)cc1. The number of hydrogen-bond acceptors (Lipinski definition) is 3. The third-order valence-electron chi connectivity index (χ3n) is 3.40. The molecule has 0 aliphatic carbocycles. The Morgan fingerprint density at radius 1 is 0.957 bits per heavy atom. The number of rotatable bonds is 5. The van der Waals surface area contributed by atoms with Crippen molar-refractivity contribution in [2.24, 2.45) is 0 Å². The first-order valence-corrected chi connectivity index (χ1v) is 8.21. The Morgan fingerprint density at radius 3 is 2.30 bits per heavy atom. The first kappa shape index (κ1) is 15.3. The van der Waals surface area contributed by atoms with Gasteiger partial charge in [0.05, 0.1) is 6.54 Å². The average molecular weight is 323 g/mol. The van der Waals surface area contributed by atoms with E-state index in [1.54, 1.807) is 28.4 Å². The minimum absolute atomic E-state index is 0.00432. The predicted molar refractivity (Wildman–Crippen MR) is 93.1 cm³/mol. The summed E-state index contributed by atoms with van der Waals surface area (Å²) < 4.78 is 5.74. The molecule has 0 aliphatic heterocycles. The van der Waals surface area contributed by atoms with Crippen molar-refractivity contribution in [3.05, 3.63) is 82.6 Å². The van der Waals surface area contributed by atoms with Gasteiger partial charge in [-0.25, -0.2) is 0 Å². The van der Waals surface area contributed by atoms with Gasteiger partial charge in [-0.05, 0) is 47.8 Å². The Bertz CT molecular complexity index is 752. The topological polar surface area (TPSA) is 29.5 Å². The number of nitrogens with zero attached hydrogens (tertiary/aromatic N) is 1. The van der Waals surface area contributed by atoms with E-state index in [2.05, 4.69) is 0 Å². The maximum atomic E-state index is 12.4. The molecular formula is C19H17NO2S. The summed E-state index contributed by atoms with van der Waals surface area (Å²) in [5.74, 6) is 1.50. The fraction of sp³-hybridized carbons (Fsp3) is 0.105. The van der Waals surface area contributed by atoms with Gasteiger partial charge >= 0.3 is 0 Å². The molecule has 0 N–H and O–H groups in total. The molecule has 2 aromatic carbocycles. The third-order valence-corrected chi connectivity index (χ3v) is 4.26. The molecule has 0 atom stereocenters. The van der Waals surface area contributed by atoms with Crippen LogP contribution in [0.5, 0.6) is 11.5 Å². The van der Waals surface area contributed by atoms with Crippen molar-refractivity contribution in [3.63, 3.8) is 0 Å². The zero-order chi connectivity index (χ0) is 16.1. The van der Waals surface area contributed by atoms with E-state index < -0.39 is 0 Å². The van der Waals surface area contributed by atoms with Gasteiger partial charge in [0.2, 0.25) is 0 Å². The summed E-state index contributed by atoms with van der Waals surface area (Å²) in [6, 6.07) is 20.8. The lowest BCUT2D eigenvalue weighted by atomic mass is 10.2. The van der Waals surface area contributed by atoms with Crippen molar-refractivity contribution < 1.29 is 9.53 Å². The number of benzene rings is 2. The highest BCUT2D eigenvalue weighted by molar-refractivity contribution is 7.09. The van der Waals surface area contributed by atoms with Gasteiger partial charge in [-0.2, -0.15) is 0 Å². The highest BCUT2D eigenvalue weighted by Gasteiger charge is 2.12. The molecular weight excluding hydrogens is 306 g/mol. The van der Waals surface area contributed by atoms with Crippen LogP contribution in [0.15, 0.2) is 72.1 Å². The van der Waals surface area contributed by atoms with Crippen molar-refractivity contribution in [3.8, 4) is 11.5 Å². The number of para-hydroxylation sites is 1. The second-order valence-corrected chi connectivity index (χ2v) is 6.21. The van der Waals surface area contributed by atoms with Gasteiger partial charge in [0.1, 0.15) is 11.5 Å². The lowest BCUT2D eigenvalue weighted by molar-refractivity contribution is 0.0786. The van der Waals surface area contributed by atoms with Crippen LogP contribution < -0.4 is 4.74 Å². The Kier molecular flexibility index (Phi) is 4.74. The van der Waals surface area contributed by atoms with Gasteiger partial charge in [-0.15, -0.1) is 11.3 Å². The second kappa shape index (κ2) is 7.11. The number of carbonyl (C=O) groups is 1. The monoisotopic (exact) mass is 323 g/mol. The van der Waals surface area contributed by atoms with Crippen LogP contribution in [0.1, 0.15) is 15.2 Å². The quantitative estimate of drug-likeness (QED) is 0.674. The molecule has 0 saturated carbocycles. The van der Waals surface area contributed by atoms with E-state index in [1.807, 2.05) is 67.0 Å². The normalized spacial score (nSPS) is 10.3. The zero-order valence-electron chi connectivity index (χ0n) is 12.8. The number of amides is 1. The maximum Gasteiger partial charge on any atom is 0.253 e. The minimum atomic E-state index is 0.00432. The number of ether oxygens (including phenoxy) is 1. The fourth-order valence-corrected chi connectivity index (χ4v) is 2.98. The van der Waals surface area contributed by atoms with Crippen LogP contribution in [-0.2, 0) is 6.54 Å². The largest absolute Gasteiger partial charge is 0.457 e. The standard InChI is InChI=1S/C19H17NO2S/c1-20(14-18-8-5-13-23-18)19(21)15-9-11-17(12-10-15)22-16-6-3-2-4-7-16/h2-13H,14H2,1H3. The molecule has 1 aromatic heterocycles. The molecule has 0 spiro atoms. The summed E-state index contributed by atoms with van der Waals surface area (Å²) in [6.45, 7) is 0.624. The molecule has 116 valence electrons. The van der Waals surface area contributed by atoms with Gasteiger partial charge in [0, 0.05) is 17.5 Å². The number of carbonyl (C=O) groups excluding carboxylic acids is 1. The molecule has 4 heteroatoms. The highest BCUT2D eigenvalue weighted by atomic mass is 32.1. The molecule has 3 aromatic rings. The first-order valence-electron chi connectivity index (χ1n) is 7.33. The summed E-state index contributed by atoms with van der Waals surface area (Å²) in [4.78, 5) is 15.3. The van der Waals surface area contributed by atoms with Crippen LogP contribution >= 0.6 is 11.3 Å². The van der Waals surface area contributed by atoms with E-state index >= 15 is 0 Å². The molecule has 0 bridgehead atoms. The van der Waals surface area contributed by atoms with E-state index in [0.717, 1.165) is 5.75 Å². The average Bonchev–Trinajstić information content (AvgIpc) is 3.09. The van der Waals surface area contributed by atoms with Crippen LogP contribution in [0, 0.1) is 0 Å². The van der Waals surface area contributed by atoms with Gasteiger partial charge in [-0.3, -0.25) is 4.79 Å². The molecule has 0 fully saturated rings. The Balaban J connectivity index is 1.65. The molecule has 0 saturated heterocycles. The Labute approximate surface area is 139 Å². The summed E-state index contributed by atoms with van der Waals surface area (Å²) in [5.41, 5.74) is 0.657. The summed E-state index contributed by atoms with van der Waals surface area (Å²) in [5, 5.41) is 2.02. The van der Waals surface area contributed by atoms with Gasteiger partial charge in [0.25, 0.3) is 5.91 Å². The van der Waals surface area contributed by atoms with Crippen molar-refractivity contribution >= 4 is 17.2 Å². The van der Waals surface area contributed by atoms with Crippen molar-refractivity contribution in [1.82, 2.24) is 4.90 Å². The van der Waals surface area contributed by atoms with Crippen molar-refractivity contribution in [2.45, 2.75) is 6.54 Å². The summed E-state index contributed by atoms with van der Waals surface area (Å²) >= 11 is 1.65. The third kappa shape index (κ3) is 3.99. The number of hydrogen-bond donors (Lipinski definition) is 0. The van der Waals surface area contributed by atoms with Crippen LogP contribution in [0.3, 0.4) is 0 Å². The lowest BCUT2D eigenvalue weighted by Crippen LogP contribution is -2.25. The molecule has 0 radical (unpaired) electrons. The minimum Gasteiger partial charge on any atom is -0.457 e. The zero-order valence-corrected chi connectivity index (χ0v) is 13.6. The predicted octanol–water partition coefficient (Wildman–Crippen LogP) is 4.81. The molecule has 0 unspecified atom stereocenters. The van der Waals surface area contributed by atoms with E-state index in [-0.39, 0.29) is 5.91 Å². The molecule has 0 aliphatic rings. The molecule has 1 heterocycles. The fourth-order valence-electron chi connectivity index (χ4n) is 2.22. The van der Waals surface area contributed by atoms with E-state index in [1.165, 1.54) is 4.88 Å². The van der Waals surface area contributed by atoms with Gasteiger partial charge in [-0.1, -0.05) is 24.3 Å². The van der Waals surface area contributed by atoms with E-state index in [0.29, 0.717) is 17.9 Å². The molecule has 3 rings (SSSR count). The lowest BCUT2D eigenvalue weighted by Gasteiger charge is -2.16. The van der Waals surface area contributed by atoms with E-state index in [4.69, 9.17) is 4.74 Å². The Morgan fingerprint density at radius 2 is 1.65 bits per heavy atom. The molecule has 23 heavy (non-hydrogen) atoms. The summed E-state index contributed by atoms with van der Waals surface area (Å²) in [7, 11) is 1.82. The summed E-state index contributed by atoms with van der Waals surface area (Å²) in [6.07, 6.45) is 0. The van der Waals surface area contributed by atoms with Crippen LogP contribution in [-0.4, -0.2) is 17.9 Å². The van der Waals surface area contributed by atoms with Crippen molar-refractivity contribution in [1.29, 1.82) is 0 Å². The van der Waals surface area contributed by atoms with Gasteiger partial charge in [0.15, 0.2) is 0 Å². The number of thiophene rings is 1. The highest BCUT2D eigenvalue weighted by Crippen LogP contribution is 2.22. The Hall–Kier alpha value is -2.59. The maximum absolute atomic E-state index is 12.4. The van der Waals surface area contributed by atoms with Crippen molar-refractivity contribution in [2.75, 3.05) is 7.05 Å². The van der Waals surface area contributed by atoms with Crippen LogP contribution in [0.2, 0.25) is 0 Å². The van der Waals surface area contributed by atoms with E-state index in [9.17, 15) is 4.79 Å². The first-order chi connectivity index (χ1) is 11.2. The van der Waals surface area contributed by atoms with Crippen LogP contribution in [0.25, 0.3) is 0 Å². The van der Waals surface area contributed by atoms with Crippen LogP contribution in [0.4, 0.5) is 0 Å². The van der Waals surface area contributed by atoms with Gasteiger partial charge < -0.3 is 9.64 Å². The molecule has 3 nitrogen and oxygen atoms in total.